The second-order valence-electron chi connectivity index (χ2n) is 4.66. The zero-order valence-electron chi connectivity index (χ0n) is 11.3. The van der Waals surface area contributed by atoms with Crippen molar-refractivity contribution in [2.45, 2.75) is 26.3 Å². The van der Waals surface area contributed by atoms with Gasteiger partial charge in [-0.15, -0.1) is 11.3 Å². The van der Waals surface area contributed by atoms with Gasteiger partial charge in [0.2, 0.25) is 0 Å². The fourth-order valence-electron chi connectivity index (χ4n) is 2.01. The first-order chi connectivity index (χ1) is 9.52. The predicted molar refractivity (Wildman–Crippen MR) is 101 cm³/mol. The molecule has 20 heavy (non-hydrogen) atoms. The third-order valence-corrected chi connectivity index (χ3v) is 6.12. The van der Waals surface area contributed by atoms with E-state index >= 15 is 0 Å². The minimum Gasteiger partial charge on any atom is -0.306 e. The molecule has 0 bridgehead atoms. The van der Waals surface area contributed by atoms with Crippen molar-refractivity contribution in [3.05, 3.63) is 52.6 Å². The van der Waals surface area contributed by atoms with Crippen LogP contribution in [0.3, 0.4) is 0 Å². The van der Waals surface area contributed by atoms with Gasteiger partial charge in [0.25, 0.3) is 0 Å². The molecule has 5 heteroatoms. The van der Waals surface area contributed by atoms with Gasteiger partial charge in [-0.2, -0.15) is 0 Å². The maximum Gasteiger partial charge on any atom is 0.0961 e. The summed E-state index contributed by atoms with van der Waals surface area (Å²) in [5, 5.41) is 3.64. The molecule has 1 aromatic carbocycles. The van der Waals surface area contributed by atoms with Gasteiger partial charge in [0, 0.05) is 12.9 Å². The van der Waals surface area contributed by atoms with Crippen molar-refractivity contribution < 1.29 is 0 Å². The normalized spacial score (nSPS) is 12.7. The topological polar surface area (TPSA) is 12.0 Å². The smallest absolute Gasteiger partial charge is 0.0961 e. The van der Waals surface area contributed by atoms with Crippen molar-refractivity contribution in [2.24, 2.45) is 0 Å². The average Bonchev–Trinajstić information content (AvgIpc) is 2.74. The summed E-state index contributed by atoms with van der Waals surface area (Å²) in [7, 11) is 0. The molecule has 0 aliphatic rings. The Bertz CT molecular complexity index is 580. The molecular formula is C15H16BrClINS. The first-order valence-electron chi connectivity index (χ1n) is 6.47. The van der Waals surface area contributed by atoms with Crippen LogP contribution in [0.2, 0.25) is 4.34 Å². The summed E-state index contributed by atoms with van der Waals surface area (Å²) in [6.07, 6.45) is 1.11. The minimum absolute atomic E-state index is 0.204. The van der Waals surface area contributed by atoms with Gasteiger partial charge in [0.05, 0.1) is 10.4 Å². The van der Waals surface area contributed by atoms with Gasteiger partial charge in [-0.3, -0.25) is 0 Å². The number of aryl methyl sites for hydroxylation is 1. The van der Waals surface area contributed by atoms with Gasteiger partial charge in [-0.1, -0.05) is 34.5 Å². The Labute approximate surface area is 151 Å². The molecule has 0 aliphatic carbocycles. The second kappa shape index (κ2) is 7.58. The van der Waals surface area contributed by atoms with Gasteiger partial charge < -0.3 is 5.32 Å². The molecule has 0 spiro atoms. The van der Waals surface area contributed by atoms with Crippen LogP contribution in [0.4, 0.5) is 0 Å². The molecule has 0 amide bonds. The van der Waals surface area contributed by atoms with Crippen LogP contribution in [0.15, 0.2) is 28.7 Å². The van der Waals surface area contributed by atoms with Gasteiger partial charge in [-0.25, -0.2) is 0 Å². The zero-order valence-corrected chi connectivity index (χ0v) is 16.7. The summed E-state index contributed by atoms with van der Waals surface area (Å²) >= 11 is 13.9. The molecule has 1 heterocycles. The number of rotatable bonds is 5. The Morgan fingerprint density at radius 2 is 2.15 bits per heavy atom. The van der Waals surface area contributed by atoms with E-state index in [0.29, 0.717) is 0 Å². The van der Waals surface area contributed by atoms with Crippen LogP contribution < -0.4 is 5.32 Å². The summed E-state index contributed by atoms with van der Waals surface area (Å²) in [5.74, 6) is 0. The lowest BCUT2D eigenvalue weighted by atomic mass is 10.0. The summed E-state index contributed by atoms with van der Waals surface area (Å²) in [6, 6.07) is 8.81. The second-order valence-corrected chi connectivity index (χ2v) is 8.42. The molecule has 2 rings (SSSR count). The Kier molecular flexibility index (Phi) is 6.35. The molecule has 0 fully saturated rings. The van der Waals surface area contributed by atoms with Crippen LogP contribution in [0.25, 0.3) is 0 Å². The number of nitrogens with one attached hydrogen (secondary N) is 1. The largest absolute Gasteiger partial charge is 0.306 e. The van der Waals surface area contributed by atoms with Crippen LogP contribution in [-0.2, 0) is 0 Å². The molecule has 1 atom stereocenters. The molecule has 2 aromatic rings. The fraction of sp³-hybridized carbons (Fsp3) is 0.333. The molecule has 1 nitrogen and oxygen atoms in total. The summed E-state index contributed by atoms with van der Waals surface area (Å²) in [4.78, 5) is 1.27. The first-order valence-corrected chi connectivity index (χ1v) is 9.53. The van der Waals surface area contributed by atoms with Gasteiger partial charge in [0.1, 0.15) is 0 Å². The SMILES string of the molecule is CCCNC(c1cc(C)c(Cl)s1)c1cc(Br)ccc1I. The molecule has 1 N–H and O–H groups in total. The molecular weight excluding hydrogens is 469 g/mol. The predicted octanol–water partition coefficient (Wildman–Crippen LogP) is 6.17. The van der Waals surface area contributed by atoms with Crippen molar-refractivity contribution in [3.8, 4) is 0 Å². The van der Waals surface area contributed by atoms with Gasteiger partial charge >= 0.3 is 0 Å². The highest BCUT2D eigenvalue weighted by atomic mass is 127. The maximum absolute atomic E-state index is 6.25. The maximum atomic E-state index is 6.25. The number of hydrogen-bond donors (Lipinski definition) is 1. The van der Waals surface area contributed by atoms with Crippen LogP contribution in [0.1, 0.15) is 35.4 Å². The zero-order chi connectivity index (χ0) is 14.7. The van der Waals surface area contributed by atoms with Crippen molar-refractivity contribution >= 4 is 61.5 Å². The summed E-state index contributed by atoms with van der Waals surface area (Å²) < 4.78 is 3.26. The standard InChI is InChI=1S/C15H16BrClINS/c1-3-6-19-14(13-7-9(2)15(17)20-13)11-8-10(16)4-5-12(11)18/h4-5,7-8,14,19H,3,6H2,1-2H3. The Balaban J connectivity index is 2.43. The van der Waals surface area contributed by atoms with E-state index < -0.39 is 0 Å². The molecule has 108 valence electrons. The van der Waals surface area contributed by atoms with Crippen molar-refractivity contribution in [2.75, 3.05) is 6.54 Å². The molecule has 1 unspecified atom stereocenters. The lowest BCUT2D eigenvalue weighted by Gasteiger charge is -2.19. The summed E-state index contributed by atoms with van der Waals surface area (Å²) in [6.45, 7) is 5.23. The lowest BCUT2D eigenvalue weighted by molar-refractivity contribution is 0.603. The quantitative estimate of drug-likeness (QED) is 0.501. The van der Waals surface area contributed by atoms with Crippen LogP contribution in [0.5, 0.6) is 0 Å². The van der Waals surface area contributed by atoms with E-state index in [2.05, 4.69) is 82.0 Å². The molecule has 0 radical (unpaired) electrons. The van der Waals surface area contributed by atoms with E-state index in [0.717, 1.165) is 27.3 Å². The van der Waals surface area contributed by atoms with E-state index in [1.165, 1.54) is 14.0 Å². The minimum atomic E-state index is 0.204. The third-order valence-electron chi connectivity index (χ3n) is 3.03. The number of hydrogen-bond acceptors (Lipinski definition) is 2. The van der Waals surface area contributed by atoms with Gasteiger partial charge in [-0.05, 0) is 77.9 Å². The molecule has 1 aromatic heterocycles. The van der Waals surface area contributed by atoms with Crippen LogP contribution in [-0.4, -0.2) is 6.54 Å². The fourth-order valence-corrected chi connectivity index (χ4v) is 4.35. The Hall–Kier alpha value is 0.380. The summed E-state index contributed by atoms with van der Waals surface area (Å²) in [5.41, 5.74) is 2.45. The molecule has 0 saturated carbocycles. The van der Waals surface area contributed by atoms with E-state index in [1.807, 2.05) is 0 Å². The highest BCUT2D eigenvalue weighted by Gasteiger charge is 2.19. The monoisotopic (exact) mass is 483 g/mol. The Morgan fingerprint density at radius 3 is 2.75 bits per heavy atom. The van der Waals surface area contributed by atoms with Crippen LogP contribution >= 0.6 is 61.5 Å². The van der Waals surface area contributed by atoms with Crippen molar-refractivity contribution in [1.29, 1.82) is 0 Å². The molecule has 0 saturated heterocycles. The lowest BCUT2D eigenvalue weighted by Crippen LogP contribution is -2.23. The van der Waals surface area contributed by atoms with Gasteiger partial charge in [0.15, 0.2) is 0 Å². The Morgan fingerprint density at radius 1 is 1.40 bits per heavy atom. The van der Waals surface area contributed by atoms with Crippen molar-refractivity contribution in [3.63, 3.8) is 0 Å². The number of halogens is 3. The first kappa shape index (κ1) is 16.7. The van der Waals surface area contributed by atoms with Crippen molar-refractivity contribution in [1.82, 2.24) is 5.32 Å². The van der Waals surface area contributed by atoms with E-state index in [-0.39, 0.29) is 6.04 Å². The van der Waals surface area contributed by atoms with E-state index in [4.69, 9.17) is 11.6 Å². The number of thiophene rings is 1. The van der Waals surface area contributed by atoms with E-state index in [9.17, 15) is 0 Å². The average molecular weight is 485 g/mol. The van der Waals surface area contributed by atoms with Crippen LogP contribution in [0, 0.1) is 10.5 Å². The number of benzene rings is 1. The molecule has 0 aliphatic heterocycles. The highest BCUT2D eigenvalue weighted by Crippen LogP contribution is 2.36. The third kappa shape index (κ3) is 3.97. The van der Waals surface area contributed by atoms with E-state index in [1.54, 1.807) is 11.3 Å². The highest BCUT2D eigenvalue weighted by molar-refractivity contribution is 14.1.